The van der Waals surface area contributed by atoms with Crippen molar-refractivity contribution in [3.63, 3.8) is 0 Å². The molecule has 0 spiro atoms. The Kier molecular flexibility index (Phi) is 25.7. The standard InChI is InChI=1S/C23H46N4O10/c1-31-23(30)20(27-22(29)19-37-17-15-35-13-11-33-9-6-25)4-2-3-7-26-21(28)18-36-16-14-34-12-10-32-8-5-24/h20H,2-19,24-25H2,1H3,(H,26,28)(H,27,29). The maximum atomic E-state index is 12.1. The third-order valence-corrected chi connectivity index (χ3v) is 4.54. The van der Waals surface area contributed by atoms with Crippen LogP contribution in [-0.2, 0) is 47.5 Å². The van der Waals surface area contributed by atoms with Gasteiger partial charge in [0.05, 0.1) is 73.2 Å². The topological polar surface area (TPSA) is 192 Å². The van der Waals surface area contributed by atoms with Crippen molar-refractivity contribution < 1.29 is 47.5 Å². The first-order valence-corrected chi connectivity index (χ1v) is 12.6. The van der Waals surface area contributed by atoms with Gasteiger partial charge in [-0.25, -0.2) is 4.79 Å². The van der Waals surface area contributed by atoms with Crippen LogP contribution in [0.2, 0.25) is 0 Å². The van der Waals surface area contributed by atoms with E-state index >= 15 is 0 Å². The highest BCUT2D eigenvalue weighted by molar-refractivity contribution is 5.85. The zero-order chi connectivity index (χ0) is 27.4. The number of methoxy groups -OCH3 is 1. The van der Waals surface area contributed by atoms with Gasteiger partial charge in [0, 0.05) is 19.6 Å². The average Bonchev–Trinajstić information content (AvgIpc) is 2.89. The van der Waals surface area contributed by atoms with E-state index in [2.05, 4.69) is 10.6 Å². The van der Waals surface area contributed by atoms with Crippen molar-refractivity contribution in [2.75, 3.05) is 106 Å². The van der Waals surface area contributed by atoms with E-state index in [9.17, 15) is 14.4 Å². The molecule has 0 saturated heterocycles. The Morgan fingerprint density at radius 3 is 1.59 bits per heavy atom. The fourth-order valence-corrected chi connectivity index (χ4v) is 2.76. The molecule has 218 valence electrons. The average molecular weight is 539 g/mol. The molecular weight excluding hydrogens is 492 g/mol. The molecule has 14 nitrogen and oxygen atoms in total. The van der Waals surface area contributed by atoms with Gasteiger partial charge in [0.1, 0.15) is 19.3 Å². The third-order valence-electron chi connectivity index (χ3n) is 4.54. The number of hydrogen-bond acceptors (Lipinski definition) is 12. The molecule has 0 aliphatic carbocycles. The summed E-state index contributed by atoms with van der Waals surface area (Å²) in [6.07, 6.45) is 1.56. The number of rotatable bonds is 27. The largest absolute Gasteiger partial charge is 0.467 e. The van der Waals surface area contributed by atoms with Gasteiger partial charge in [-0.15, -0.1) is 0 Å². The molecule has 0 radical (unpaired) electrons. The number of ether oxygens (including phenoxy) is 7. The summed E-state index contributed by atoms with van der Waals surface area (Å²) in [5.41, 5.74) is 10.6. The highest BCUT2D eigenvalue weighted by Crippen LogP contribution is 2.03. The van der Waals surface area contributed by atoms with Crippen LogP contribution in [0.25, 0.3) is 0 Å². The first-order chi connectivity index (χ1) is 18.0. The second kappa shape index (κ2) is 27.1. The summed E-state index contributed by atoms with van der Waals surface area (Å²) in [7, 11) is 1.26. The van der Waals surface area contributed by atoms with Crippen molar-refractivity contribution >= 4 is 17.8 Å². The molecule has 0 bridgehead atoms. The van der Waals surface area contributed by atoms with Gasteiger partial charge in [0.15, 0.2) is 0 Å². The Bertz CT molecular complexity index is 572. The van der Waals surface area contributed by atoms with Crippen molar-refractivity contribution in [2.24, 2.45) is 11.5 Å². The van der Waals surface area contributed by atoms with Crippen LogP contribution < -0.4 is 22.1 Å². The number of nitrogens with two attached hydrogens (primary N) is 2. The molecule has 37 heavy (non-hydrogen) atoms. The number of esters is 1. The quantitative estimate of drug-likeness (QED) is 0.0662. The number of nitrogens with one attached hydrogen (secondary N) is 2. The van der Waals surface area contributed by atoms with Crippen LogP contribution in [0.5, 0.6) is 0 Å². The Morgan fingerprint density at radius 1 is 0.649 bits per heavy atom. The second-order valence-electron chi connectivity index (χ2n) is 7.62. The maximum absolute atomic E-state index is 12.1. The van der Waals surface area contributed by atoms with Crippen molar-refractivity contribution in [3.8, 4) is 0 Å². The molecule has 1 unspecified atom stereocenters. The van der Waals surface area contributed by atoms with Crippen molar-refractivity contribution in [3.05, 3.63) is 0 Å². The van der Waals surface area contributed by atoms with E-state index < -0.39 is 17.9 Å². The van der Waals surface area contributed by atoms with Gasteiger partial charge in [0.25, 0.3) is 0 Å². The first-order valence-electron chi connectivity index (χ1n) is 12.6. The molecule has 0 aromatic carbocycles. The van der Waals surface area contributed by atoms with Crippen LogP contribution >= 0.6 is 0 Å². The normalized spacial score (nSPS) is 11.8. The molecule has 1 atom stereocenters. The van der Waals surface area contributed by atoms with Crippen LogP contribution in [0.4, 0.5) is 0 Å². The van der Waals surface area contributed by atoms with Crippen LogP contribution in [0, 0.1) is 0 Å². The number of carbonyl (C=O) groups is 3. The summed E-state index contributed by atoms with van der Waals surface area (Å²) in [5, 5.41) is 5.35. The first kappa shape index (κ1) is 35.1. The fraction of sp³-hybridized carbons (Fsp3) is 0.870. The van der Waals surface area contributed by atoms with Gasteiger partial charge in [-0.05, 0) is 19.3 Å². The lowest BCUT2D eigenvalue weighted by molar-refractivity contribution is -0.146. The summed E-state index contributed by atoms with van der Waals surface area (Å²) in [4.78, 5) is 35.9. The van der Waals surface area contributed by atoms with E-state index in [-0.39, 0.29) is 25.7 Å². The fourth-order valence-electron chi connectivity index (χ4n) is 2.76. The summed E-state index contributed by atoms with van der Waals surface area (Å²) in [6.45, 7) is 5.02. The summed E-state index contributed by atoms with van der Waals surface area (Å²) in [6, 6.07) is -0.795. The highest BCUT2D eigenvalue weighted by atomic mass is 16.6. The molecule has 0 fully saturated rings. The molecule has 0 aliphatic rings. The van der Waals surface area contributed by atoms with Crippen LogP contribution in [0.3, 0.4) is 0 Å². The predicted molar refractivity (Wildman–Crippen MR) is 134 cm³/mol. The SMILES string of the molecule is COC(=O)C(CCCCNC(=O)COCCOCCOCCN)NC(=O)COCCOCCOCCN. The van der Waals surface area contributed by atoms with Gasteiger partial charge in [-0.2, -0.15) is 0 Å². The zero-order valence-electron chi connectivity index (χ0n) is 22.0. The Labute approximate surface area is 219 Å². The molecule has 0 saturated carbocycles. The van der Waals surface area contributed by atoms with E-state index in [0.717, 1.165) is 0 Å². The molecule has 14 heteroatoms. The van der Waals surface area contributed by atoms with Crippen LogP contribution in [-0.4, -0.2) is 130 Å². The van der Waals surface area contributed by atoms with Gasteiger partial charge < -0.3 is 55.3 Å². The lowest BCUT2D eigenvalue weighted by Crippen LogP contribution is -2.43. The number of hydrogen-bond donors (Lipinski definition) is 4. The minimum atomic E-state index is -0.795. The number of carbonyl (C=O) groups excluding carboxylic acids is 3. The Hall–Kier alpha value is -1.91. The van der Waals surface area contributed by atoms with E-state index in [1.165, 1.54) is 7.11 Å². The number of unbranched alkanes of at least 4 members (excludes halogenated alkanes) is 1. The van der Waals surface area contributed by atoms with Gasteiger partial charge >= 0.3 is 5.97 Å². The minimum absolute atomic E-state index is 0.0685. The van der Waals surface area contributed by atoms with Gasteiger partial charge in [0.2, 0.25) is 11.8 Å². The lowest BCUT2D eigenvalue weighted by atomic mass is 10.1. The van der Waals surface area contributed by atoms with E-state index in [1.54, 1.807) is 0 Å². The van der Waals surface area contributed by atoms with Gasteiger partial charge in [-0.1, -0.05) is 0 Å². The van der Waals surface area contributed by atoms with E-state index in [0.29, 0.717) is 98.4 Å². The molecule has 0 heterocycles. The van der Waals surface area contributed by atoms with Crippen molar-refractivity contribution in [1.29, 1.82) is 0 Å². The van der Waals surface area contributed by atoms with E-state index in [4.69, 9.17) is 44.6 Å². The molecule has 0 aliphatic heterocycles. The molecule has 2 amide bonds. The molecule has 6 N–H and O–H groups in total. The van der Waals surface area contributed by atoms with E-state index in [1.807, 2.05) is 0 Å². The predicted octanol–water partition coefficient (Wildman–Crippen LogP) is -2.05. The van der Waals surface area contributed by atoms with Crippen molar-refractivity contribution in [2.45, 2.75) is 25.3 Å². The van der Waals surface area contributed by atoms with Crippen LogP contribution in [0.15, 0.2) is 0 Å². The number of amides is 2. The Morgan fingerprint density at radius 2 is 1.11 bits per heavy atom. The monoisotopic (exact) mass is 538 g/mol. The third kappa shape index (κ3) is 24.2. The Balaban J connectivity index is 3.81. The molecule has 0 aromatic heterocycles. The summed E-state index contributed by atoms with van der Waals surface area (Å²) in [5.74, 6) is -1.22. The smallest absolute Gasteiger partial charge is 0.328 e. The second-order valence-corrected chi connectivity index (χ2v) is 7.62. The minimum Gasteiger partial charge on any atom is -0.467 e. The zero-order valence-corrected chi connectivity index (χ0v) is 22.0. The van der Waals surface area contributed by atoms with Crippen molar-refractivity contribution in [1.82, 2.24) is 10.6 Å². The molecule has 0 rings (SSSR count). The van der Waals surface area contributed by atoms with Crippen LogP contribution in [0.1, 0.15) is 19.3 Å². The summed E-state index contributed by atoms with van der Waals surface area (Å²) < 4.78 is 36.2. The van der Waals surface area contributed by atoms with Gasteiger partial charge in [-0.3, -0.25) is 9.59 Å². The maximum Gasteiger partial charge on any atom is 0.328 e. The highest BCUT2D eigenvalue weighted by Gasteiger charge is 2.21. The summed E-state index contributed by atoms with van der Waals surface area (Å²) >= 11 is 0. The lowest BCUT2D eigenvalue weighted by Gasteiger charge is -2.16. The molecule has 0 aromatic rings. The molecular formula is C23H46N4O10.